The zero-order chi connectivity index (χ0) is 17.1. The molecule has 2 saturated carbocycles. The summed E-state index contributed by atoms with van der Waals surface area (Å²) < 4.78 is 13.5. The second-order valence-corrected chi connectivity index (χ2v) is 7.75. The molecular weight excluding hydrogens is 311 g/mol. The van der Waals surface area contributed by atoms with E-state index in [0.717, 1.165) is 49.7 Å². The molecule has 0 heterocycles. The van der Waals surface area contributed by atoms with Gasteiger partial charge in [0.2, 0.25) is 0 Å². The SMILES string of the molecule is O=C1[C@@]23CCCCC2=C(c2ccc(F)cc2)[C@@]1(c1ccccc1)CC3. The molecule has 2 fully saturated rings. The second kappa shape index (κ2) is 5.14. The highest BCUT2D eigenvalue weighted by atomic mass is 19.1. The molecule has 0 aromatic heterocycles. The first kappa shape index (κ1) is 15.1. The van der Waals surface area contributed by atoms with Crippen molar-refractivity contribution in [2.75, 3.05) is 0 Å². The topological polar surface area (TPSA) is 17.1 Å². The smallest absolute Gasteiger partial charge is 0.157 e. The van der Waals surface area contributed by atoms with Gasteiger partial charge in [-0.15, -0.1) is 0 Å². The number of hydrogen-bond acceptors (Lipinski definition) is 1. The molecule has 5 rings (SSSR count). The van der Waals surface area contributed by atoms with Gasteiger partial charge in [0.05, 0.1) is 10.8 Å². The molecule has 1 nitrogen and oxygen atoms in total. The number of Topliss-reactive ketones (excluding diaryl/α,β-unsaturated/α-hetero) is 1. The summed E-state index contributed by atoms with van der Waals surface area (Å²) in [6, 6.07) is 17.0. The third-order valence-electron chi connectivity index (χ3n) is 6.74. The third-order valence-corrected chi connectivity index (χ3v) is 6.74. The maximum atomic E-state index is 13.8. The van der Waals surface area contributed by atoms with Crippen LogP contribution >= 0.6 is 0 Å². The number of hydrogen-bond donors (Lipinski definition) is 0. The van der Waals surface area contributed by atoms with Gasteiger partial charge in [0.15, 0.2) is 5.78 Å². The first-order valence-electron chi connectivity index (χ1n) is 9.29. The van der Waals surface area contributed by atoms with Gasteiger partial charge in [-0.25, -0.2) is 4.39 Å². The van der Waals surface area contributed by atoms with Crippen LogP contribution in [0.1, 0.15) is 49.7 Å². The van der Waals surface area contributed by atoms with Crippen LogP contribution in [0.3, 0.4) is 0 Å². The Balaban J connectivity index is 1.81. The van der Waals surface area contributed by atoms with Crippen molar-refractivity contribution in [2.24, 2.45) is 5.41 Å². The van der Waals surface area contributed by atoms with E-state index in [-0.39, 0.29) is 11.2 Å². The fourth-order valence-electron chi connectivity index (χ4n) is 5.72. The van der Waals surface area contributed by atoms with Crippen LogP contribution < -0.4 is 0 Å². The Hall–Kier alpha value is -2.22. The van der Waals surface area contributed by atoms with Crippen LogP contribution in [0, 0.1) is 11.2 Å². The van der Waals surface area contributed by atoms with Crippen LogP contribution in [0.4, 0.5) is 4.39 Å². The lowest BCUT2D eigenvalue weighted by atomic mass is 9.67. The van der Waals surface area contributed by atoms with Crippen LogP contribution in [-0.2, 0) is 10.2 Å². The van der Waals surface area contributed by atoms with Crippen molar-refractivity contribution in [3.63, 3.8) is 0 Å². The van der Waals surface area contributed by atoms with E-state index >= 15 is 0 Å². The summed E-state index contributed by atoms with van der Waals surface area (Å²) in [6.45, 7) is 0. The molecule has 3 aliphatic carbocycles. The van der Waals surface area contributed by atoms with Crippen molar-refractivity contribution in [2.45, 2.75) is 43.9 Å². The highest BCUT2D eigenvalue weighted by Crippen LogP contribution is 2.68. The zero-order valence-corrected chi connectivity index (χ0v) is 14.2. The quantitative estimate of drug-likeness (QED) is 0.714. The van der Waals surface area contributed by atoms with Gasteiger partial charge >= 0.3 is 0 Å². The van der Waals surface area contributed by atoms with Gasteiger partial charge in [0.1, 0.15) is 5.82 Å². The van der Waals surface area contributed by atoms with E-state index in [0.29, 0.717) is 5.78 Å². The van der Waals surface area contributed by atoms with Gasteiger partial charge in [-0.05, 0) is 60.9 Å². The van der Waals surface area contributed by atoms with E-state index in [9.17, 15) is 9.18 Å². The van der Waals surface area contributed by atoms with E-state index in [1.807, 2.05) is 30.3 Å². The van der Waals surface area contributed by atoms with Gasteiger partial charge in [-0.1, -0.05) is 54.5 Å². The molecule has 25 heavy (non-hydrogen) atoms. The minimum absolute atomic E-state index is 0.226. The predicted molar refractivity (Wildman–Crippen MR) is 96.6 cm³/mol. The predicted octanol–water partition coefficient (Wildman–Crippen LogP) is 5.45. The molecule has 2 bridgehead atoms. The third kappa shape index (κ3) is 1.80. The molecule has 1 spiro atoms. The van der Waals surface area contributed by atoms with Crippen LogP contribution in [0.25, 0.3) is 5.57 Å². The highest BCUT2D eigenvalue weighted by molar-refractivity contribution is 6.16. The largest absolute Gasteiger partial charge is 0.297 e. The Labute approximate surface area is 147 Å². The number of fused-ring (bicyclic) bond motifs is 1. The Bertz CT molecular complexity index is 880. The standard InChI is InChI=1S/C23H21FO/c24-18-11-9-16(10-12-18)20-19-8-4-5-13-22(19)14-15-23(20,21(22)25)17-6-2-1-3-7-17/h1-3,6-7,9-12H,4-5,8,13-15H2/t22-,23+/m1/s1. The summed E-state index contributed by atoms with van der Waals surface area (Å²) in [5, 5.41) is 0. The van der Waals surface area contributed by atoms with Gasteiger partial charge in [0.25, 0.3) is 0 Å². The van der Waals surface area contributed by atoms with Crippen molar-refractivity contribution in [3.05, 3.63) is 77.1 Å². The van der Waals surface area contributed by atoms with Gasteiger partial charge < -0.3 is 0 Å². The molecule has 0 saturated heterocycles. The Kier molecular flexibility index (Phi) is 3.10. The molecule has 2 aromatic rings. The summed E-state index contributed by atoms with van der Waals surface area (Å²) in [5.41, 5.74) is 3.90. The summed E-state index contributed by atoms with van der Waals surface area (Å²) in [6.07, 6.45) is 6.14. The highest BCUT2D eigenvalue weighted by Gasteiger charge is 2.66. The van der Waals surface area contributed by atoms with Crippen molar-refractivity contribution in [3.8, 4) is 0 Å². The zero-order valence-electron chi connectivity index (χ0n) is 14.2. The number of rotatable bonds is 2. The normalized spacial score (nSPS) is 30.7. The lowest BCUT2D eigenvalue weighted by molar-refractivity contribution is -0.126. The van der Waals surface area contributed by atoms with Gasteiger partial charge in [-0.3, -0.25) is 4.79 Å². The van der Waals surface area contributed by atoms with E-state index in [2.05, 4.69) is 12.1 Å². The number of ketones is 1. The average Bonchev–Trinajstić information content (AvgIpc) is 3.06. The molecule has 126 valence electrons. The molecule has 0 aliphatic heterocycles. The summed E-state index contributed by atoms with van der Waals surface area (Å²) in [5.74, 6) is 0.177. The molecule has 0 unspecified atom stereocenters. The number of carbonyl (C=O) groups excluding carboxylic acids is 1. The minimum Gasteiger partial charge on any atom is -0.297 e. The average molecular weight is 332 g/mol. The molecule has 3 aliphatic rings. The fourth-order valence-corrected chi connectivity index (χ4v) is 5.72. The summed E-state index contributed by atoms with van der Waals surface area (Å²) in [4.78, 5) is 13.8. The second-order valence-electron chi connectivity index (χ2n) is 7.75. The number of allylic oxidation sites excluding steroid dienone is 2. The van der Waals surface area contributed by atoms with E-state index in [4.69, 9.17) is 0 Å². The summed E-state index contributed by atoms with van der Waals surface area (Å²) in [7, 11) is 0. The Morgan fingerprint density at radius 1 is 0.840 bits per heavy atom. The molecule has 2 heteroatoms. The van der Waals surface area contributed by atoms with Crippen LogP contribution in [0.2, 0.25) is 0 Å². The molecule has 0 N–H and O–H groups in total. The first-order chi connectivity index (χ1) is 12.2. The Morgan fingerprint density at radius 3 is 2.36 bits per heavy atom. The Morgan fingerprint density at radius 2 is 1.60 bits per heavy atom. The number of carbonyl (C=O) groups is 1. The minimum atomic E-state index is -0.529. The lowest BCUT2D eigenvalue weighted by Crippen LogP contribution is -2.34. The van der Waals surface area contributed by atoms with E-state index < -0.39 is 5.41 Å². The molecule has 2 atom stereocenters. The lowest BCUT2D eigenvalue weighted by Gasteiger charge is -2.35. The molecular formula is C23H21FO. The summed E-state index contributed by atoms with van der Waals surface area (Å²) >= 11 is 0. The van der Waals surface area contributed by atoms with Crippen molar-refractivity contribution >= 4 is 11.4 Å². The van der Waals surface area contributed by atoms with E-state index in [1.165, 1.54) is 23.3 Å². The fraction of sp³-hybridized carbons (Fsp3) is 0.348. The molecule has 2 aromatic carbocycles. The van der Waals surface area contributed by atoms with Crippen LogP contribution in [0.5, 0.6) is 0 Å². The maximum absolute atomic E-state index is 13.8. The monoisotopic (exact) mass is 332 g/mol. The van der Waals surface area contributed by atoms with Gasteiger partial charge in [0, 0.05) is 0 Å². The van der Waals surface area contributed by atoms with Crippen molar-refractivity contribution < 1.29 is 9.18 Å². The molecule has 0 radical (unpaired) electrons. The van der Waals surface area contributed by atoms with Crippen LogP contribution in [-0.4, -0.2) is 5.78 Å². The van der Waals surface area contributed by atoms with Crippen molar-refractivity contribution in [1.29, 1.82) is 0 Å². The first-order valence-corrected chi connectivity index (χ1v) is 9.29. The van der Waals surface area contributed by atoms with Gasteiger partial charge in [-0.2, -0.15) is 0 Å². The number of benzene rings is 2. The van der Waals surface area contributed by atoms with Crippen molar-refractivity contribution in [1.82, 2.24) is 0 Å². The maximum Gasteiger partial charge on any atom is 0.157 e. The molecule has 0 amide bonds. The van der Waals surface area contributed by atoms with E-state index in [1.54, 1.807) is 0 Å². The number of halogens is 1. The van der Waals surface area contributed by atoms with Crippen LogP contribution in [0.15, 0.2) is 60.2 Å².